The third-order valence-corrected chi connectivity index (χ3v) is 6.38. The Morgan fingerprint density at radius 1 is 0.725 bits per heavy atom. The van der Waals surface area contributed by atoms with Crippen molar-refractivity contribution in [3.05, 3.63) is 108 Å². The van der Waals surface area contributed by atoms with E-state index in [0.29, 0.717) is 34.2 Å². The van der Waals surface area contributed by atoms with Crippen molar-refractivity contribution in [3.8, 4) is 33.8 Å². The standard InChI is InChI=1S/C33H29FO6/c1-18(2)31(35)38-25-13-24(14-26(17-25)39-32(36)19(3)4)22-9-11-27(29(34)16-22)23-8-7-21-10-12-30(28(21)15-23)40-33(37)20(5)6/h7-9,11,13-17,30H,1,3,5,10,12H2,2,4,6H3. The second-order valence-electron chi connectivity index (χ2n) is 9.85. The Kier molecular flexibility index (Phi) is 8.14. The maximum absolute atomic E-state index is 15.5. The Balaban J connectivity index is 1.68. The van der Waals surface area contributed by atoms with Gasteiger partial charge >= 0.3 is 17.9 Å². The zero-order chi connectivity index (χ0) is 29.1. The molecule has 1 aliphatic carbocycles. The van der Waals surface area contributed by atoms with Gasteiger partial charge < -0.3 is 14.2 Å². The lowest BCUT2D eigenvalue weighted by Gasteiger charge is -2.15. The van der Waals surface area contributed by atoms with Crippen molar-refractivity contribution in [2.75, 3.05) is 0 Å². The van der Waals surface area contributed by atoms with E-state index in [2.05, 4.69) is 19.7 Å². The van der Waals surface area contributed by atoms with E-state index in [0.717, 1.165) is 17.5 Å². The maximum atomic E-state index is 15.5. The van der Waals surface area contributed by atoms with Crippen LogP contribution in [0.4, 0.5) is 4.39 Å². The Morgan fingerprint density at radius 2 is 1.30 bits per heavy atom. The first-order chi connectivity index (χ1) is 18.9. The first-order valence-corrected chi connectivity index (χ1v) is 12.6. The minimum absolute atomic E-state index is 0.105. The summed E-state index contributed by atoms with van der Waals surface area (Å²) in [4.78, 5) is 36.3. The van der Waals surface area contributed by atoms with E-state index < -0.39 is 29.8 Å². The number of halogens is 1. The van der Waals surface area contributed by atoms with Gasteiger partial charge in [-0.25, -0.2) is 18.8 Å². The average Bonchev–Trinajstić information content (AvgIpc) is 3.30. The number of aryl methyl sites for hydroxylation is 1. The molecule has 204 valence electrons. The molecule has 7 heteroatoms. The van der Waals surface area contributed by atoms with Gasteiger partial charge in [-0.1, -0.05) is 44.0 Å². The number of rotatable bonds is 8. The predicted octanol–water partition coefficient (Wildman–Crippen LogP) is 7.23. The first kappa shape index (κ1) is 28.2. The summed E-state index contributed by atoms with van der Waals surface area (Å²) in [6.07, 6.45) is 1.01. The number of ether oxygens (including phenoxy) is 3. The molecule has 0 bridgehead atoms. The van der Waals surface area contributed by atoms with Crippen LogP contribution in [0, 0.1) is 5.82 Å². The van der Waals surface area contributed by atoms with Crippen LogP contribution in [0.5, 0.6) is 11.5 Å². The fourth-order valence-corrected chi connectivity index (χ4v) is 4.26. The largest absolute Gasteiger partial charge is 0.454 e. The van der Waals surface area contributed by atoms with Gasteiger partial charge in [0.1, 0.15) is 23.4 Å². The predicted molar refractivity (Wildman–Crippen MR) is 150 cm³/mol. The molecule has 0 saturated carbocycles. The molecule has 0 aromatic heterocycles. The highest BCUT2D eigenvalue weighted by Crippen LogP contribution is 2.39. The van der Waals surface area contributed by atoms with Gasteiger partial charge in [0, 0.05) is 28.3 Å². The van der Waals surface area contributed by atoms with Crippen molar-refractivity contribution < 1.29 is 33.0 Å². The molecule has 0 heterocycles. The topological polar surface area (TPSA) is 78.9 Å². The third kappa shape index (κ3) is 6.26. The zero-order valence-electron chi connectivity index (χ0n) is 22.6. The highest BCUT2D eigenvalue weighted by Gasteiger charge is 2.27. The van der Waals surface area contributed by atoms with Crippen LogP contribution in [-0.4, -0.2) is 17.9 Å². The molecule has 0 radical (unpaired) electrons. The number of hydrogen-bond acceptors (Lipinski definition) is 6. The highest BCUT2D eigenvalue weighted by molar-refractivity contribution is 5.90. The number of hydrogen-bond donors (Lipinski definition) is 0. The minimum Gasteiger partial charge on any atom is -0.454 e. The van der Waals surface area contributed by atoms with Gasteiger partial charge in [0.05, 0.1) is 0 Å². The number of fused-ring (bicyclic) bond motifs is 1. The molecule has 1 atom stereocenters. The maximum Gasteiger partial charge on any atom is 0.338 e. The van der Waals surface area contributed by atoms with E-state index in [-0.39, 0.29) is 22.6 Å². The van der Waals surface area contributed by atoms with Crippen molar-refractivity contribution in [1.29, 1.82) is 0 Å². The van der Waals surface area contributed by atoms with Gasteiger partial charge in [0.25, 0.3) is 0 Å². The molecule has 0 N–H and O–H groups in total. The van der Waals surface area contributed by atoms with Crippen LogP contribution in [0.3, 0.4) is 0 Å². The van der Waals surface area contributed by atoms with E-state index in [9.17, 15) is 14.4 Å². The van der Waals surface area contributed by atoms with Crippen LogP contribution in [-0.2, 0) is 25.5 Å². The Morgan fingerprint density at radius 3 is 1.85 bits per heavy atom. The zero-order valence-corrected chi connectivity index (χ0v) is 22.6. The number of carbonyl (C=O) groups is 3. The molecule has 0 spiro atoms. The summed E-state index contributed by atoms with van der Waals surface area (Å²) in [6.45, 7) is 15.4. The second-order valence-corrected chi connectivity index (χ2v) is 9.85. The van der Waals surface area contributed by atoms with Gasteiger partial charge in [-0.3, -0.25) is 0 Å². The average molecular weight is 541 g/mol. The van der Waals surface area contributed by atoms with E-state index in [1.165, 1.54) is 26.0 Å². The monoisotopic (exact) mass is 540 g/mol. The van der Waals surface area contributed by atoms with Crippen LogP contribution in [0.25, 0.3) is 22.3 Å². The quantitative estimate of drug-likeness (QED) is 0.170. The summed E-state index contributed by atoms with van der Waals surface area (Å²) in [7, 11) is 0. The highest BCUT2D eigenvalue weighted by atomic mass is 19.1. The van der Waals surface area contributed by atoms with Crippen LogP contribution in [0.2, 0.25) is 0 Å². The molecule has 6 nitrogen and oxygen atoms in total. The number of carbonyl (C=O) groups excluding carboxylic acids is 3. The minimum atomic E-state index is -0.653. The van der Waals surface area contributed by atoms with Gasteiger partial charge in [-0.15, -0.1) is 0 Å². The van der Waals surface area contributed by atoms with Crippen LogP contribution >= 0.6 is 0 Å². The molecule has 0 saturated heterocycles. The van der Waals surface area contributed by atoms with Crippen molar-refractivity contribution in [2.24, 2.45) is 0 Å². The van der Waals surface area contributed by atoms with Crippen molar-refractivity contribution >= 4 is 17.9 Å². The van der Waals surface area contributed by atoms with E-state index >= 15 is 4.39 Å². The van der Waals surface area contributed by atoms with Crippen LogP contribution in [0.15, 0.2) is 91.1 Å². The number of benzene rings is 3. The molecule has 1 unspecified atom stereocenters. The summed E-state index contributed by atoms with van der Waals surface area (Å²) in [5.41, 5.74) is 4.54. The molecule has 4 rings (SSSR count). The SMILES string of the molecule is C=C(C)C(=O)Oc1cc(OC(=O)C(=C)C)cc(-c2ccc(-c3ccc4c(c3)C(OC(=O)C(=C)C)CC4)c(F)c2)c1. The molecule has 3 aromatic rings. The summed E-state index contributed by atoms with van der Waals surface area (Å²) in [6, 6.07) is 14.8. The fraction of sp³-hybridized carbons (Fsp3) is 0.182. The molecule has 0 fully saturated rings. The molecular weight excluding hydrogens is 511 g/mol. The van der Waals surface area contributed by atoms with Crippen molar-refractivity contribution in [3.63, 3.8) is 0 Å². The molecule has 0 aliphatic heterocycles. The lowest BCUT2D eigenvalue weighted by molar-refractivity contribution is -0.144. The Labute approximate surface area is 232 Å². The first-order valence-electron chi connectivity index (χ1n) is 12.6. The molecule has 1 aliphatic rings. The molecule has 3 aromatic carbocycles. The van der Waals surface area contributed by atoms with E-state index in [4.69, 9.17) is 14.2 Å². The van der Waals surface area contributed by atoms with Gasteiger partial charge in [-0.2, -0.15) is 0 Å². The summed E-state index contributed by atoms with van der Waals surface area (Å²) >= 11 is 0. The lowest BCUT2D eigenvalue weighted by atomic mass is 9.96. The van der Waals surface area contributed by atoms with E-state index in [1.54, 1.807) is 31.2 Å². The van der Waals surface area contributed by atoms with Gasteiger partial charge in [-0.05, 0) is 85.7 Å². The Bertz CT molecular complexity index is 1540. The second kappa shape index (κ2) is 11.5. The van der Waals surface area contributed by atoms with Crippen LogP contribution in [0.1, 0.15) is 44.4 Å². The third-order valence-electron chi connectivity index (χ3n) is 6.38. The summed E-state index contributed by atoms with van der Waals surface area (Å²) < 4.78 is 31.8. The van der Waals surface area contributed by atoms with Crippen LogP contribution < -0.4 is 9.47 Å². The van der Waals surface area contributed by atoms with E-state index in [1.807, 2.05) is 18.2 Å². The molecule has 40 heavy (non-hydrogen) atoms. The fourth-order valence-electron chi connectivity index (χ4n) is 4.26. The normalized spacial score (nSPS) is 13.7. The molecule has 0 amide bonds. The Hall–Kier alpha value is -4.78. The summed E-state index contributed by atoms with van der Waals surface area (Å²) in [5.74, 6) is -2.04. The van der Waals surface area contributed by atoms with Crippen molar-refractivity contribution in [1.82, 2.24) is 0 Å². The lowest BCUT2D eigenvalue weighted by Crippen LogP contribution is -2.10. The van der Waals surface area contributed by atoms with Gasteiger partial charge in [0.15, 0.2) is 0 Å². The smallest absolute Gasteiger partial charge is 0.338 e. The summed E-state index contributed by atoms with van der Waals surface area (Å²) in [5, 5.41) is 0. The van der Waals surface area contributed by atoms with Gasteiger partial charge in [0.2, 0.25) is 0 Å². The molecular formula is C33H29FO6. The number of esters is 3. The van der Waals surface area contributed by atoms with Crippen molar-refractivity contribution in [2.45, 2.75) is 39.7 Å².